The molecule has 10 amide bonds. The van der Waals surface area contributed by atoms with E-state index >= 15 is 0 Å². The number of hydrogen-bond acceptors (Lipinski definition) is 8. The summed E-state index contributed by atoms with van der Waals surface area (Å²) in [6.45, 7) is 10.5. The third-order valence-corrected chi connectivity index (χ3v) is 23.6. The van der Waals surface area contributed by atoms with Gasteiger partial charge in [-0.05, 0) is 223 Å². The summed E-state index contributed by atoms with van der Waals surface area (Å²) in [6, 6.07) is 54.9. The Morgan fingerprint density at radius 1 is 0.318 bits per heavy atom. The van der Waals surface area contributed by atoms with Crippen LogP contribution in [0.3, 0.4) is 0 Å². The minimum atomic E-state index is -4.46. The standard InChI is InChI=1S/C22H23ClF3N3O2.2C19H18ClF3N2O.C18H16ClF3N2O2.C16H12ClF3N2O/c23-18-4-6-19(7-5-18)29-20(16-2-1-3-17(14-16)22(24,25)26)15-28(21(29)30)9-8-27-10-12-31-13-11-27;2*1-2-10-24-12-17(13-4-3-5-14(11-13)19(21,22)23)25(18(24)26)16-8-6-15(20)7-9-16;19-14-4-6-15(7-5-14)24-16(11-23(8-9-25)17(24)26)12-2-1-3-13(10-12)18(20,21)22;17-12-4-6-13(7-5-12)22-14(9-21-15(22)23)10-2-1-3-11(8-10)16(18,19)20/h1-7,14,20H,8-13,15H2;2*3-9,11,17H,2,10,12H2,1H3;1-7,10,16,25H,8-9,11H2;1-8,14H,9H2,(H,21,23)/t20-;2*17-;16-;14-/m11111/s1. The molecular weight excluding hydrogens is 1860 g/mol. The molecule has 0 unspecified atom stereocenters. The third-order valence-electron chi connectivity index (χ3n) is 22.4. The zero-order valence-corrected chi connectivity index (χ0v) is 74.2. The first-order valence-electron chi connectivity index (χ1n) is 41.6. The van der Waals surface area contributed by atoms with Crippen LogP contribution in [0.5, 0.6) is 0 Å². The van der Waals surface area contributed by atoms with Crippen LogP contribution in [0.2, 0.25) is 25.1 Å². The Bertz CT molecular complexity index is 5290. The van der Waals surface area contributed by atoms with Gasteiger partial charge in [0, 0.05) is 132 Å². The Labute approximate surface area is 775 Å². The van der Waals surface area contributed by atoms with E-state index in [4.69, 9.17) is 67.8 Å². The number of alkyl halides is 15. The summed E-state index contributed by atoms with van der Waals surface area (Å²) in [5, 5.41) is 14.4. The first kappa shape index (κ1) is 99.8. The van der Waals surface area contributed by atoms with E-state index in [2.05, 4.69) is 10.2 Å². The monoisotopic (exact) mass is 1940 g/mol. The van der Waals surface area contributed by atoms with Gasteiger partial charge in [-0.2, -0.15) is 65.9 Å². The highest BCUT2D eigenvalue weighted by atomic mass is 35.5. The van der Waals surface area contributed by atoms with Crippen LogP contribution >= 0.6 is 58.0 Å². The Balaban J connectivity index is 0.000000149. The minimum absolute atomic E-state index is 0.110. The van der Waals surface area contributed by atoms with Crippen molar-refractivity contribution < 1.29 is 99.7 Å². The van der Waals surface area contributed by atoms with Gasteiger partial charge < -0.3 is 34.8 Å². The van der Waals surface area contributed by atoms with Crippen molar-refractivity contribution in [3.05, 3.63) is 323 Å². The lowest BCUT2D eigenvalue weighted by atomic mass is 10.0. The molecule has 700 valence electrons. The van der Waals surface area contributed by atoms with Crippen LogP contribution in [0, 0.1) is 0 Å². The molecule has 38 heteroatoms. The molecular formula is C94H87Cl5F15N11O7. The van der Waals surface area contributed by atoms with Crippen molar-refractivity contribution in [3.63, 3.8) is 0 Å². The molecule has 0 aromatic heterocycles. The zero-order valence-electron chi connectivity index (χ0n) is 70.4. The summed E-state index contributed by atoms with van der Waals surface area (Å²) in [6.07, 6.45) is -20.6. The van der Waals surface area contributed by atoms with Gasteiger partial charge >= 0.3 is 61.0 Å². The number of carbonyl (C=O) groups is 5. The lowest BCUT2D eigenvalue weighted by Crippen LogP contribution is -2.42. The number of ether oxygens (including phenoxy) is 1. The maximum Gasteiger partial charge on any atom is 0.416 e. The second-order valence-corrected chi connectivity index (χ2v) is 33.4. The smallest absolute Gasteiger partial charge is 0.395 e. The Kier molecular flexibility index (Phi) is 32.7. The Morgan fingerprint density at radius 3 is 0.795 bits per heavy atom. The van der Waals surface area contributed by atoms with E-state index in [-0.39, 0.29) is 56.4 Å². The molecule has 0 aliphatic carbocycles. The number of morpholine rings is 1. The van der Waals surface area contributed by atoms with Gasteiger partial charge in [-0.15, -0.1) is 0 Å². The SMILES string of the molecule is CCCN1C[C@H](c2cccc(C(F)(F)F)c2)N(c2ccc(Cl)cc2)C1=O.CCCN1C[C@H](c2cccc(C(F)(F)F)c2)N(c2ccc(Cl)cc2)C1=O.O=C1N(CCN2CCOCC2)C[C@H](c2cccc(C(F)(F)F)c2)N1c1ccc(Cl)cc1.O=C1N(CCO)C[C@H](c2cccc(C(F)(F)F)c2)N1c1ccc(Cl)cc1.O=C1NC[C@H](c2cccc(C(F)(F)F)c2)N1c1ccc(Cl)cc1. The number of amides is 10. The third kappa shape index (κ3) is 24.8. The summed E-state index contributed by atoms with van der Waals surface area (Å²) in [5.74, 6) is 0. The van der Waals surface area contributed by atoms with Crippen molar-refractivity contribution in [1.82, 2.24) is 29.8 Å². The molecule has 6 aliphatic heterocycles. The van der Waals surface area contributed by atoms with Gasteiger partial charge in [0.05, 0.1) is 77.8 Å². The van der Waals surface area contributed by atoms with E-state index in [1.807, 2.05) is 13.8 Å². The van der Waals surface area contributed by atoms with Gasteiger partial charge in [-0.25, -0.2) is 24.0 Å². The van der Waals surface area contributed by atoms with Crippen LogP contribution in [-0.4, -0.2) is 158 Å². The number of aliphatic hydroxyl groups is 1. The summed E-state index contributed by atoms with van der Waals surface area (Å²) < 4.78 is 202. The molecule has 6 saturated heterocycles. The number of nitrogens with zero attached hydrogens (tertiary/aromatic N) is 10. The van der Waals surface area contributed by atoms with Gasteiger partial charge in [0.15, 0.2) is 0 Å². The fourth-order valence-electron chi connectivity index (χ4n) is 16.0. The summed E-state index contributed by atoms with van der Waals surface area (Å²) >= 11 is 29.5. The highest BCUT2D eigenvalue weighted by molar-refractivity contribution is 6.32. The van der Waals surface area contributed by atoms with Crippen molar-refractivity contribution in [2.24, 2.45) is 0 Å². The van der Waals surface area contributed by atoms with Crippen LogP contribution in [0.25, 0.3) is 0 Å². The highest BCUT2D eigenvalue weighted by Crippen LogP contribution is 2.45. The van der Waals surface area contributed by atoms with Gasteiger partial charge in [0.2, 0.25) is 0 Å². The van der Waals surface area contributed by atoms with Crippen molar-refractivity contribution in [3.8, 4) is 0 Å². The fourth-order valence-corrected chi connectivity index (χ4v) is 16.6. The first-order chi connectivity index (χ1) is 62.6. The number of β-amino-alcohol motifs (C(OH)–C–C–N with tert-alkyl or cyclic N) is 1. The number of halogens is 20. The lowest BCUT2D eigenvalue weighted by Gasteiger charge is -2.28. The number of nitrogens with one attached hydrogen (secondary N) is 1. The topological polar surface area (TPSA) is 159 Å². The van der Waals surface area contributed by atoms with Crippen molar-refractivity contribution in [2.45, 2.75) is 87.8 Å². The number of benzene rings is 10. The second kappa shape index (κ2) is 43.2. The maximum absolute atomic E-state index is 13.3. The molecule has 5 atom stereocenters. The predicted octanol–water partition coefficient (Wildman–Crippen LogP) is 25.1. The molecule has 6 fully saturated rings. The van der Waals surface area contributed by atoms with E-state index in [1.165, 1.54) is 45.0 Å². The van der Waals surface area contributed by atoms with Crippen LogP contribution in [0.4, 0.5) is 118 Å². The van der Waals surface area contributed by atoms with Crippen LogP contribution in [0.15, 0.2) is 243 Å². The van der Waals surface area contributed by atoms with Gasteiger partial charge in [0.1, 0.15) is 0 Å². The fraction of sp³-hybridized carbons (Fsp3) is 0.309. The average molecular weight is 1950 g/mol. The van der Waals surface area contributed by atoms with Gasteiger partial charge in [0.25, 0.3) is 0 Å². The average Bonchev–Trinajstić information content (AvgIpc) is 1.64. The maximum atomic E-state index is 13.3. The number of anilines is 5. The lowest BCUT2D eigenvalue weighted by molar-refractivity contribution is -0.138. The number of hydrogen-bond donors (Lipinski definition) is 2. The molecule has 132 heavy (non-hydrogen) atoms. The van der Waals surface area contributed by atoms with E-state index in [0.29, 0.717) is 140 Å². The quantitative estimate of drug-likeness (QED) is 0.0757. The number of urea groups is 5. The molecule has 18 nitrogen and oxygen atoms in total. The van der Waals surface area contributed by atoms with E-state index in [0.717, 1.165) is 86.6 Å². The van der Waals surface area contributed by atoms with Crippen molar-refractivity contribution >= 4 is 117 Å². The summed E-state index contributed by atoms with van der Waals surface area (Å²) in [7, 11) is 0. The molecule has 6 heterocycles. The van der Waals surface area contributed by atoms with Crippen molar-refractivity contribution in [1.29, 1.82) is 0 Å². The Hall–Kier alpha value is -11.2. The molecule has 0 bridgehead atoms. The van der Waals surface area contributed by atoms with Gasteiger partial charge in [-0.1, -0.05) is 133 Å². The molecule has 0 saturated carbocycles. The molecule has 0 radical (unpaired) electrons. The first-order valence-corrected chi connectivity index (χ1v) is 43.4. The molecule has 0 spiro atoms. The van der Waals surface area contributed by atoms with Crippen LogP contribution in [-0.2, 0) is 35.6 Å². The summed E-state index contributed by atoms with van der Waals surface area (Å²) in [4.78, 5) is 80.0. The molecule has 16 rings (SSSR count). The predicted molar refractivity (Wildman–Crippen MR) is 477 cm³/mol. The van der Waals surface area contributed by atoms with Gasteiger partial charge in [-0.3, -0.25) is 29.4 Å². The summed E-state index contributed by atoms with van der Waals surface area (Å²) in [5.41, 5.74) is 1.46. The normalized spacial score (nSPS) is 18.6. The largest absolute Gasteiger partial charge is 0.416 e. The number of aliphatic hydroxyl groups excluding tert-OH is 1. The molecule has 10 aromatic carbocycles. The number of carbonyl (C=O) groups excluding carboxylic acids is 5. The molecule has 6 aliphatic rings. The second-order valence-electron chi connectivity index (χ2n) is 31.2. The molecule has 10 aromatic rings. The minimum Gasteiger partial charge on any atom is -0.395 e. The van der Waals surface area contributed by atoms with Crippen LogP contribution < -0.4 is 29.8 Å². The van der Waals surface area contributed by atoms with E-state index in [9.17, 15) is 89.8 Å². The van der Waals surface area contributed by atoms with Crippen molar-refractivity contribution in [2.75, 3.05) is 123 Å². The zero-order chi connectivity index (χ0) is 95.3. The number of rotatable bonds is 19. The Morgan fingerprint density at radius 2 is 0.553 bits per heavy atom. The molecule has 2 N–H and O–H groups in total. The van der Waals surface area contributed by atoms with Crippen LogP contribution in [0.1, 0.15) is 113 Å². The van der Waals surface area contributed by atoms with E-state index < -0.39 is 88.9 Å². The highest BCUT2D eigenvalue weighted by Gasteiger charge is 2.46. The van der Waals surface area contributed by atoms with E-state index in [1.54, 1.807) is 181 Å².